The highest BCUT2D eigenvalue weighted by atomic mass is 19.1. The quantitative estimate of drug-likeness (QED) is 0.858. The van der Waals surface area contributed by atoms with E-state index in [1.54, 1.807) is 0 Å². The summed E-state index contributed by atoms with van der Waals surface area (Å²) in [5.41, 5.74) is 3.47. The smallest absolute Gasteiger partial charge is 0.144 e. The molecule has 1 saturated carbocycles. The Hall–Kier alpha value is -1.78. The topological polar surface area (TPSA) is 41.5 Å². The first-order chi connectivity index (χ1) is 9.37. The molecule has 0 amide bonds. The number of nitrogens with one attached hydrogen (secondary N) is 1. The number of Topliss-reactive ketones (excluding diaryl/α,β-unsaturated/α-hetero) is 1. The number of nitrogens with zero attached hydrogens (tertiary/aromatic N) is 1. The number of fused-ring (bicyclic) bond motifs is 1. The van der Waals surface area contributed by atoms with Gasteiger partial charge in [-0.2, -0.15) is 5.10 Å². The van der Waals surface area contributed by atoms with Gasteiger partial charge in [0.25, 0.3) is 0 Å². The summed E-state index contributed by atoms with van der Waals surface area (Å²) in [6, 6.07) is 3.26. The van der Waals surface area contributed by atoms with Crippen LogP contribution in [0.3, 0.4) is 0 Å². The fraction of sp³-hybridized carbons (Fsp3) is 0.467. The largest absolute Gasteiger partial charge is 0.306 e. The third-order valence-electron chi connectivity index (χ3n) is 4.03. The molecular weight excluding hydrogens is 262 g/mol. The number of rotatable bonds is 1. The molecule has 0 aromatic heterocycles. The van der Waals surface area contributed by atoms with Gasteiger partial charge in [0.1, 0.15) is 17.4 Å². The summed E-state index contributed by atoms with van der Waals surface area (Å²) in [5, 5.41) is 4.14. The van der Waals surface area contributed by atoms with E-state index in [1.807, 2.05) is 13.8 Å². The molecule has 3 rings (SSSR count). The maximum atomic E-state index is 13.9. The van der Waals surface area contributed by atoms with Crippen molar-refractivity contribution in [1.29, 1.82) is 0 Å². The van der Waals surface area contributed by atoms with E-state index in [2.05, 4.69) is 10.5 Å². The molecule has 1 aliphatic carbocycles. The molecule has 0 bridgehead atoms. The Kier molecular flexibility index (Phi) is 2.88. The molecule has 1 aromatic rings. The van der Waals surface area contributed by atoms with E-state index in [9.17, 15) is 13.6 Å². The second-order valence-corrected chi connectivity index (χ2v) is 6.35. The van der Waals surface area contributed by atoms with Crippen LogP contribution in [0.25, 0.3) is 0 Å². The molecule has 20 heavy (non-hydrogen) atoms. The van der Waals surface area contributed by atoms with Crippen LogP contribution in [-0.4, -0.2) is 17.5 Å². The van der Waals surface area contributed by atoms with Crippen LogP contribution in [0.4, 0.5) is 8.78 Å². The number of carbonyl (C=O) groups excluding carboxylic acids is 1. The van der Waals surface area contributed by atoms with Crippen molar-refractivity contribution in [3.63, 3.8) is 0 Å². The molecule has 3 nitrogen and oxygen atoms in total. The van der Waals surface area contributed by atoms with Crippen molar-refractivity contribution >= 4 is 11.5 Å². The maximum absolute atomic E-state index is 13.9. The van der Waals surface area contributed by atoms with Gasteiger partial charge < -0.3 is 5.43 Å². The van der Waals surface area contributed by atoms with E-state index >= 15 is 0 Å². The van der Waals surface area contributed by atoms with E-state index in [0.29, 0.717) is 12.1 Å². The summed E-state index contributed by atoms with van der Waals surface area (Å²) < 4.78 is 26.9. The average Bonchev–Trinajstić information content (AvgIpc) is 2.71. The van der Waals surface area contributed by atoms with Gasteiger partial charge in [-0.1, -0.05) is 13.8 Å². The Morgan fingerprint density at radius 1 is 1.35 bits per heavy atom. The van der Waals surface area contributed by atoms with Crippen molar-refractivity contribution in [3.8, 4) is 0 Å². The van der Waals surface area contributed by atoms with Crippen LogP contribution in [0.2, 0.25) is 0 Å². The van der Waals surface area contributed by atoms with Gasteiger partial charge >= 0.3 is 0 Å². The molecule has 1 aliphatic heterocycles. The Balaban J connectivity index is 1.95. The number of hydrogen-bond acceptors (Lipinski definition) is 3. The highest BCUT2D eigenvalue weighted by Crippen LogP contribution is 2.39. The summed E-state index contributed by atoms with van der Waals surface area (Å²) >= 11 is 0. The standard InChI is InChI=1S/C15H16F2N2O/c1-15(2)6-11-13(12(20)7-15)14(19-18-11)9-4-3-8(16)5-10(9)17/h3-5,11,13,18H,6-7H2,1-2H3/t11-,13+/m1/s1. The normalized spacial score (nSPS) is 27.8. The SMILES string of the molecule is CC1(C)CC(=O)[C@H]2C(c3ccc(F)cc3F)=NN[C@@H]2C1. The highest BCUT2D eigenvalue weighted by Gasteiger charge is 2.46. The van der Waals surface area contributed by atoms with E-state index in [1.165, 1.54) is 12.1 Å². The van der Waals surface area contributed by atoms with E-state index in [0.717, 1.165) is 12.5 Å². The molecule has 0 radical (unpaired) electrons. The molecule has 0 spiro atoms. The van der Waals surface area contributed by atoms with Crippen molar-refractivity contribution in [3.05, 3.63) is 35.4 Å². The van der Waals surface area contributed by atoms with Crippen molar-refractivity contribution in [2.75, 3.05) is 0 Å². The molecule has 1 heterocycles. The van der Waals surface area contributed by atoms with Crippen LogP contribution in [0.1, 0.15) is 32.3 Å². The monoisotopic (exact) mass is 278 g/mol. The minimum absolute atomic E-state index is 0.0683. The van der Waals surface area contributed by atoms with Crippen LogP contribution in [0.15, 0.2) is 23.3 Å². The number of benzene rings is 1. The number of ketones is 1. The molecule has 0 saturated heterocycles. The lowest BCUT2D eigenvalue weighted by atomic mass is 9.68. The Labute approximate surface area is 116 Å². The van der Waals surface area contributed by atoms with Crippen LogP contribution in [0, 0.1) is 23.0 Å². The van der Waals surface area contributed by atoms with Crippen molar-refractivity contribution in [2.24, 2.45) is 16.4 Å². The zero-order chi connectivity index (χ0) is 14.5. The lowest BCUT2D eigenvalue weighted by Crippen LogP contribution is -2.45. The van der Waals surface area contributed by atoms with Crippen molar-refractivity contribution in [1.82, 2.24) is 5.43 Å². The third-order valence-corrected chi connectivity index (χ3v) is 4.03. The molecule has 1 fully saturated rings. The van der Waals surface area contributed by atoms with Crippen LogP contribution < -0.4 is 5.43 Å². The molecule has 2 aliphatic rings. The number of carbonyl (C=O) groups is 1. The second kappa shape index (κ2) is 4.36. The lowest BCUT2D eigenvalue weighted by Gasteiger charge is -2.36. The Bertz CT molecular complexity index is 610. The minimum Gasteiger partial charge on any atom is -0.306 e. The van der Waals surface area contributed by atoms with Crippen molar-refractivity contribution in [2.45, 2.75) is 32.7 Å². The minimum atomic E-state index is -0.677. The van der Waals surface area contributed by atoms with E-state index < -0.39 is 17.6 Å². The van der Waals surface area contributed by atoms with Gasteiger partial charge in [0.2, 0.25) is 0 Å². The molecule has 106 valence electrons. The number of halogens is 2. The van der Waals surface area contributed by atoms with Gasteiger partial charge in [0.05, 0.1) is 17.7 Å². The molecule has 5 heteroatoms. The molecule has 2 atom stereocenters. The van der Waals surface area contributed by atoms with Gasteiger partial charge in [0, 0.05) is 18.1 Å². The first kappa shape index (κ1) is 13.2. The van der Waals surface area contributed by atoms with Crippen molar-refractivity contribution < 1.29 is 13.6 Å². The summed E-state index contributed by atoms with van der Waals surface area (Å²) in [5.74, 6) is -1.67. The second-order valence-electron chi connectivity index (χ2n) is 6.35. The fourth-order valence-electron chi connectivity index (χ4n) is 3.20. The number of hydrogen-bond donors (Lipinski definition) is 1. The van der Waals surface area contributed by atoms with Gasteiger partial charge in [-0.3, -0.25) is 4.79 Å². The average molecular weight is 278 g/mol. The van der Waals surface area contributed by atoms with Gasteiger partial charge in [0.15, 0.2) is 0 Å². The fourth-order valence-corrected chi connectivity index (χ4v) is 3.20. The lowest BCUT2D eigenvalue weighted by molar-refractivity contribution is -0.126. The molecule has 0 unspecified atom stereocenters. The summed E-state index contributed by atoms with van der Waals surface area (Å²) in [6.07, 6.45) is 1.26. The molecular formula is C15H16F2N2O. The van der Waals surface area contributed by atoms with Gasteiger partial charge in [-0.05, 0) is 24.0 Å². The maximum Gasteiger partial charge on any atom is 0.144 e. The highest BCUT2D eigenvalue weighted by molar-refractivity contribution is 6.15. The Morgan fingerprint density at radius 3 is 2.80 bits per heavy atom. The van der Waals surface area contributed by atoms with Crippen LogP contribution in [-0.2, 0) is 4.79 Å². The zero-order valence-corrected chi connectivity index (χ0v) is 11.4. The molecule has 1 N–H and O–H groups in total. The predicted molar refractivity (Wildman–Crippen MR) is 71.3 cm³/mol. The summed E-state index contributed by atoms with van der Waals surface area (Å²) in [7, 11) is 0. The third kappa shape index (κ3) is 2.11. The van der Waals surface area contributed by atoms with Crippen LogP contribution in [0.5, 0.6) is 0 Å². The predicted octanol–water partition coefficient (Wildman–Crippen LogP) is 2.65. The van der Waals surface area contributed by atoms with Gasteiger partial charge in [-0.15, -0.1) is 0 Å². The van der Waals surface area contributed by atoms with E-state index in [4.69, 9.17) is 0 Å². The Morgan fingerprint density at radius 2 is 2.10 bits per heavy atom. The summed E-state index contributed by atoms with van der Waals surface area (Å²) in [4.78, 5) is 12.3. The van der Waals surface area contributed by atoms with Crippen LogP contribution >= 0.6 is 0 Å². The molecule has 1 aromatic carbocycles. The van der Waals surface area contributed by atoms with E-state index in [-0.39, 0.29) is 22.8 Å². The first-order valence-corrected chi connectivity index (χ1v) is 6.69. The first-order valence-electron chi connectivity index (χ1n) is 6.69. The number of hydrazone groups is 1. The van der Waals surface area contributed by atoms with Gasteiger partial charge in [-0.25, -0.2) is 8.78 Å². The zero-order valence-electron chi connectivity index (χ0n) is 11.4. The summed E-state index contributed by atoms with van der Waals surface area (Å²) in [6.45, 7) is 4.08.